The first kappa shape index (κ1) is 10.0. The zero-order valence-electron chi connectivity index (χ0n) is 8.44. The first-order valence-corrected chi connectivity index (χ1v) is 5.05. The molecule has 1 fully saturated rings. The van der Waals surface area contributed by atoms with Gasteiger partial charge in [0.15, 0.2) is 0 Å². The van der Waals surface area contributed by atoms with E-state index in [9.17, 15) is 10.4 Å². The summed E-state index contributed by atoms with van der Waals surface area (Å²) in [6, 6.07) is 9.34. The molecule has 1 saturated heterocycles. The molecule has 1 aromatic carbocycles. The SMILES string of the molecule is N#CC1(c2cccc(O)c2)CCOCC1. The van der Waals surface area contributed by atoms with Crippen LogP contribution in [-0.2, 0) is 10.2 Å². The molecule has 0 unspecified atom stereocenters. The average molecular weight is 203 g/mol. The third kappa shape index (κ3) is 1.81. The van der Waals surface area contributed by atoms with Gasteiger partial charge in [0.25, 0.3) is 0 Å². The molecule has 2 rings (SSSR count). The number of hydrogen-bond acceptors (Lipinski definition) is 3. The van der Waals surface area contributed by atoms with E-state index in [1.807, 2.05) is 6.07 Å². The summed E-state index contributed by atoms with van der Waals surface area (Å²) in [7, 11) is 0. The zero-order chi connectivity index (χ0) is 10.7. The molecule has 0 bridgehead atoms. The monoisotopic (exact) mass is 203 g/mol. The van der Waals surface area contributed by atoms with E-state index in [2.05, 4.69) is 6.07 Å². The molecule has 3 nitrogen and oxygen atoms in total. The third-order valence-electron chi connectivity index (χ3n) is 2.96. The van der Waals surface area contributed by atoms with Crippen LogP contribution in [0.5, 0.6) is 5.75 Å². The van der Waals surface area contributed by atoms with E-state index in [1.165, 1.54) is 0 Å². The summed E-state index contributed by atoms with van der Waals surface area (Å²) in [4.78, 5) is 0. The van der Waals surface area contributed by atoms with Crippen molar-refractivity contribution in [3.05, 3.63) is 29.8 Å². The lowest BCUT2D eigenvalue weighted by Crippen LogP contribution is -2.32. The molecule has 0 saturated carbocycles. The van der Waals surface area contributed by atoms with Crippen molar-refractivity contribution in [2.45, 2.75) is 18.3 Å². The normalized spacial score (nSPS) is 19.4. The fraction of sp³-hybridized carbons (Fsp3) is 0.417. The van der Waals surface area contributed by atoms with Crippen LogP contribution in [0.2, 0.25) is 0 Å². The number of rotatable bonds is 1. The van der Waals surface area contributed by atoms with Crippen LogP contribution in [0.3, 0.4) is 0 Å². The molecular weight excluding hydrogens is 190 g/mol. The molecule has 0 spiro atoms. The largest absolute Gasteiger partial charge is 0.508 e. The van der Waals surface area contributed by atoms with Crippen molar-refractivity contribution in [2.75, 3.05) is 13.2 Å². The highest BCUT2D eigenvalue weighted by Crippen LogP contribution is 2.35. The van der Waals surface area contributed by atoms with Crippen molar-refractivity contribution in [3.8, 4) is 11.8 Å². The Hall–Kier alpha value is -1.53. The number of aromatic hydroxyl groups is 1. The van der Waals surface area contributed by atoms with Gasteiger partial charge in [0.1, 0.15) is 5.75 Å². The number of nitrogens with zero attached hydrogens (tertiary/aromatic N) is 1. The van der Waals surface area contributed by atoms with Gasteiger partial charge >= 0.3 is 0 Å². The summed E-state index contributed by atoms with van der Waals surface area (Å²) in [5.41, 5.74) is 0.421. The standard InChI is InChI=1S/C12H13NO2/c13-9-12(4-6-15-7-5-12)10-2-1-3-11(14)8-10/h1-3,8,14H,4-7H2. The number of hydrogen-bond donors (Lipinski definition) is 1. The maximum atomic E-state index is 9.41. The van der Waals surface area contributed by atoms with E-state index in [0.717, 1.165) is 5.56 Å². The summed E-state index contributed by atoms with van der Waals surface area (Å²) in [6.07, 6.45) is 1.40. The fourth-order valence-electron chi connectivity index (χ4n) is 1.99. The van der Waals surface area contributed by atoms with E-state index >= 15 is 0 Å². The van der Waals surface area contributed by atoms with Crippen molar-refractivity contribution in [1.29, 1.82) is 5.26 Å². The van der Waals surface area contributed by atoms with Gasteiger partial charge in [-0.25, -0.2) is 0 Å². The van der Waals surface area contributed by atoms with E-state index in [1.54, 1.807) is 18.2 Å². The Labute approximate surface area is 88.9 Å². The van der Waals surface area contributed by atoms with Gasteiger partial charge in [-0.15, -0.1) is 0 Å². The number of ether oxygens (including phenoxy) is 1. The Morgan fingerprint density at radius 3 is 2.67 bits per heavy atom. The van der Waals surface area contributed by atoms with E-state index < -0.39 is 5.41 Å². The molecule has 1 aliphatic heterocycles. The van der Waals surface area contributed by atoms with Crippen molar-refractivity contribution in [2.24, 2.45) is 0 Å². The van der Waals surface area contributed by atoms with Gasteiger partial charge in [-0.3, -0.25) is 0 Å². The molecule has 1 aromatic rings. The van der Waals surface area contributed by atoms with Crippen LogP contribution in [0.25, 0.3) is 0 Å². The summed E-state index contributed by atoms with van der Waals surface area (Å²) in [5, 5.41) is 18.7. The Kier molecular flexibility index (Phi) is 2.61. The minimum absolute atomic E-state index is 0.216. The number of phenolic OH excluding ortho intramolecular Hbond substituents is 1. The topological polar surface area (TPSA) is 53.2 Å². The van der Waals surface area contributed by atoms with Gasteiger partial charge in [0.05, 0.1) is 11.5 Å². The molecule has 1 aliphatic rings. The molecule has 3 heteroatoms. The second kappa shape index (κ2) is 3.92. The van der Waals surface area contributed by atoms with Crippen LogP contribution < -0.4 is 0 Å². The van der Waals surface area contributed by atoms with Gasteiger partial charge < -0.3 is 9.84 Å². The summed E-state index contributed by atoms with van der Waals surface area (Å²) in [6.45, 7) is 1.23. The van der Waals surface area contributed by atoms with E-state index in [-0.39, 0.29) is 5.75 Å². The molecular formula is C12H13NO2. The lowest BCUT2D eigenvalue weighted by Gasteiger charge is -2.31. The zero-order valence-corrected chi connectivity index (χ0v) is 8.44. The van der Waals surface area contributed by atoms with Gasteiger partial charge in [0, 0.05) is 13.2 Å². The van der Waals surface area contributed by atoms with Crippen LogP contribution >= 0.6 is 0 Å². The molecule has 1 N–H and O–H groups in total. The summed E-state index contributed by atoms with van der Waals surface area (Å²) < 4.78 is 5.26. The molecule has 78 valence electrons. The molecule has 0 amide bonds. The van der Waals surface area contributed by atoms with Crippen LogP contribution in [0.15, 0.2) is 24.3 Å². The van der Waals surface area contributed by atoms with E-state index in [0.29, 0.717) is 26.1 Å². The second-order valence-electron chi connectivity index (χ2n) is 3.86. The first-order chi connectivity index (χ1) is 7.27. The van der Waals surface area contributed by atoms with Crippen molar-refractivity contribution in [3.63, 3.8) is 0 Å². The maximum Gasteiger partial charge on any atom is 0.115 e. The van der Waals surface area contributed by atoms with Crippen molar-refractivity contribution < 1.29 is 9.84 Å². The Bertz CT molecular complexity index is 389. The molecule has 0 aliphatic carbocycles. The molecule has 0 aromatic heterocycles. The van der Waals surface area contributed by atoms with Crippen molar-refractivity contribution in [1.82, 2.24) is 0 Å². The highest BCUT2D eigenvalue weighted by Gasteiger charge is 2.34. The molecule has 15 heavy (non-hydrogen) atoms. The maximum absolute atomic E-state index is 9.41. The van der Waals surface area contributed by atoms with E-state index in [4.69, 9.17) is 4.74 Å². The summed E-state index contributed by atoms with van der Waals surface area (Å²) in [5.74, 6) is 0.216. The first-order valence-electron chi connectivity index (χ1n) is 5.05. The lowest BCUT2D eigenvalue weighted by molar-refractivity contribution is 0.0675. The van der Waals surface area contributed by atoms with Crippen molar-refractivity contribution >= 4 is 0 Å². The molecule has 0 radical (unpaired) electrons. The Balaban J connectivity index is 2.37. The number of benzene rings is 1. The molecule has 0 atom stereocenters. The van der Waals surface area contributed by atoms with Gasteiger partial charge in [-0.05, 0) is 30.5 Å². The van der Waals surface area contributed by atoms with Gasteiger partial charge in [0.2, 0.25) is 0 Å². The Morgan fingerprint density at radius 2 is 2.07 bits per heavy atom. The highest BCUT2D eigenvalue weighted by molar-refractivity contribution is 5.37. The van der Waals surface area contributed by atoms with Crippen LogP contribution in [0.4, 0.5) is 0 Å². The van der Waals surface area contributed by atoms with Gasteiger partial charge in [-0.1, -0.05) is 12.1 Å². The second-order valence-corrected chi connectivity index (χ2v) is 3.86. The third-order valence-corrected chi connectivity index (χ3v) is 2.96. The predicted octanol–water partition coefficient (Wildman–Crippen LogP) is 1.96. The lowest BCUT2D eigenvalue weighted by atomic mass is 9.75. The number of nitriles is 1. The van der Waals surface area contributed by atoms with Crippen LogP contribution in [0, 0.1) is 11.3 Å². The van der Waals surface area contributed by atoms with Crippen LogP contribution in [-0.4, -0.2) is 18.3 Å². The molecule has 1 heterocycles. The number of phenols is 1. The quantitative estimate of drug-likeness (QED) is 0.759. The fourth-order valence-corrected chi connectivity index (χ4v) is 1.99. The predicted molar refractivity (Wildman–Crippen MR) is 55.5 cm³/mol. The summed E-state index contributed by atoms with van der Waals surface area (Å²) >= 11 is 0. The Morgan fingerprint density at radius 1 is 1.33 bits per heavy atom. The van der Waals surface area contributed by atoms with Crippen LogP contribution in [0.1, 0.15) is 18.4 Å². The average Bonchev–Trinajstić information content (AvgIpc) is 2.30. The highest BCUT2D eigenvalue weighted by atomic mass is 16.5. The minimum atomic E-state index is -0.475. The smallest absolute Gasteiger partial charge is 0.115 e. The minimum Gasteiger partial charge on any atom is -0.508 e. The van der Waals surface area contributed by atoms with Gasteiger partial charge in [-0.2, -0.15) is 5.26 Å².